The van der Waals surface area contributed by atoms with Crippen LogP contribution in [0.25, 0.3) is 0 Å². The third-order valence-corrected chi connectivity index (χ3v) is 2.06. The van der Waals surface area contributed by atoms with Crippen molar-refractivity contribution in [3.63, 3.8) is 0 Å². The van der Waals surface area contributed by atoms with Crippen molar-refractivity contribution in [3.05, 3.63) is 0 Å². The number of hydrogen-bond donors (Lipinski definition) is 2. The Hall–Kier alpha value is 0.600. The third kappa shape index (κ3) is 1.52. The maximum Gasteiger partial charge on any atom is 0.0961 e. The van der Waals surface area contributed by atoms with E-state index in [-0.39, 0.29) is 12.4 Å². The van der Waals surface area contributed by atoms with Crippen molar-refractivity contribution >= 4 is 12.6 Å². The Bertz CT molecular complexity index is 51.7. The summed E-state index contributed by atoms with van der Waals surface area (Å²) < 4.78 is 0. The van der Waals surface area contributed by atoms with Gasteiger partial charge in [0, 0.05) is 6.42 Å². The molecule has 0 saturated heterocycles. The first kappa shape index (κ1) is 7.60. The normalized spacial score (nSPS) is 38.6. The summed E-state index contributed by atoms with van der Waals surface area (Å²) in [5.74, 6) is 0. The molecule has 0 bridgehead atoms. The average Bonchev–Trinajstić information content (AvgIpc) is 1.61. The SMILES string of the molecule is [Cl-].[NH3+][C@H]1CC[C@H]1S. The third-order valence-electron chi connectivity index (χ3n) is 1.38. The van der Waals surface area contributed by atoms with E-state index in [9.17, 15) is 0 Å². The van der Waals surface area contributed by atoms with E-state index in [1.165, 1.54) is 12.8 Å². The molecule has 3 N–H and O–H groups in total. The van der Waals surface area contributed by atoms with Gasteiger partial charge in [0.1, 0.15) is 0 Å². The Morgan fingerprint density at radius 2 is 1.86 bits per heavy atom. The largest absolute Gasteiger partial charge is 1.00 e. The van der Waals surface area contributed by atoms with Crippen LogP contribution in [0.3, 0.4) is 0 Å². The van der Waals surface area contributed by atoms with Crippen LogP contribution < -0.4 is 18.1 Å². The smallest absolute Gasteiger partial charge is 0.0961 e. The second-order valence-corrected chi connectivity index (χ2v) is 2.57. The van der Waals surface area contributed by atoms with Crippen LogP contribution in [0.1, 0.15) is 12.8 Å². The molecule has 1 fully saturated rings. The van der Waals surface area contributed by atoms with Gasteiger partial charge in [-0.2, -0.15) is 12.6 Å². The molecule has 44 valence electrons. The van der Waals surface area contributed by atoms with Gasteiger partial charge in [0.15, 0.2) is 0 Å². The first-order valence-electron chi connectivity index (χ1n) is 2.32. The van der Waals surface area contributed by atoms with Crippen molar-refractivity contribution in [1.29, 1.82) is 0 Å². The molecular weight excluding hydrogens is 130 g/mol. The number of thiol groups is 1. The fourth-order valence-electron chi connectivity index (χ4n) is 0.551. The lowest BCUT2D eigenvalue weighted by Gasteiger charge is -2.24. The Morgan fingerprint density at radius 1 is 1.43 bits per heavy atom. The van der Waals surface area contributed by atoms with Gasteiger partial charge in [-0.15, -0.1) is 0 Å². The molecule has 7 heavy (non-hydrogen) atoms. The van der Waals surface area contributed by atoms with Crippen molar-refractivity contribution in [2.24, 2.45) is 0 Å². The minimum Gasteiger partial charge on any atom is -1.00 e. The minimum atomic E-state index is 0. The molecule has 0 amide bonds. The summed E-state index contributed by atoms with van der Waals surface area (Å²) in [7, 11) is 0. The number of hydrogen-bond acceptors (Lipinski definition) is 1. The molecule has 1 saturated carbocycles. The van der Waals surface area contributed by atoms with Gasteiger partial charge in [-0.3, -0.25) is 0 Å². The van der Waals surface area contributed by atoms with Gasteiger partial charge in [-0.05, 0) is 6.42 Å². The average molecular weight is 140 g/mol. The summed E-state index contributed by atoms with van der Waals surface area (Å²) in [6.07, 6.45) is 2.56. The molecule has 0 aromatic heterocycles. The lowest BCUT2D eigenvalue weighted by molar-refractivity contribution is -0.434. The van der Waals surface area contributed by atoms with E-state index in [4.69, 9.17) is 0 Å². The van der Waals surface area contributed by atoms with Crippen LogP contribution in [0.4, 0.5) is 0 Å². The van der Waals surface area contributed by atoms with E-state index in [2.05, 4.69) is 18.4 Å². The molecular formula is C4H10ClNS. The van der Waals surface area contributed by atoms with Crippen LogP contribution in [0.15, 0.2) is 0 Å². The van der Waals surface area contributed by atoms with Gasteiger partial charge in [0.2, 0.25) is 0 Å². The molecule has 1 rings (SSSR count). The number of halogens is 1. The van der Waals surface area contributed by atoms with Crippen LogP contribution in [0.5, 0.6) is 0 Å². The van der Waals surface area contributed by atoms with Crippen molar-refractivity contribution in [2.45, 2.75) is 24.1 Å². The van der Waals surface area contributed by atoms with Crippen LogP contribution in [-0.2, 0) is 0 Å². The minimum absolute atomic E-state index is 0. The molecule has 0 unspecified atom stereocenters. The maximum atomic E-state index is 4.22. The highest BCUT2D eigenvalue weighted by molar-refractivity contribution is 7.81. The fourth-order valence-corrected chi connectivity index (χ4v) is 0.850. The Morgan fingerprint density at radius 3 is 1.86 bits per heavy atom. The quantitative estimate of drug-likeness (QED) is 0.329. The lowest BCUT2D eigenvalue weighted by Crippen LogP contribution is -3.00. The number of rotatable bonds is 0. The summed E-state index contributed by atoms with van der Waals surface area (Å²) in [5, 5.41) is 0.616. The molecule has 1 aliphatic rings. The summed E-state index contributed by atoms with van der Waals surface area (Å²) in [6, 6.07) is 0.647. The first-order chi connectivity index (χ1) is 2.80. The van der Waals surface area contributed by atoms with Gasteiger partial charge in [-0.1, -0.05) is 0 Å². The molecule has 1 aliphatic carbocycles. The monoisotopic (exact) mass is 139 g/mol. The zero-order valence-electron chi connectivity index (χ0n) is 4.10. The van der Waals surface area contributed by atoms with E-state index in [1.54, 1.807) is 0 Å². The molecule has 0 aliphatic heterocycles. The summed E-state index contributed by atoms with van der Waals surface area (Å²) in [6.45, 7) is 0. The van der Waals surface area contributed by atoms with Crippen molar-refractivity contribution in [3.8, 4) is 0 Å². The van der Waals surface area contributed by atoms with Crippen molar-refractivity contribution < 1.29 is 18.1 Å². The highest BCUT2D eigenvalue weighted by Crippen LogP contribution is 2.20. The summed E-state index contributed by atoms with van der Waals surface area (Å²) in [5.41, 5.74) is 3.85. The van der Waals surface area contributed by atoms with Crippen LogP contribution in [0.2, 0.25) is 0 Å². The molecule has 3 heteroatoms. The van der Waals surface area contributed by atoms with Gasteiger partial charge < -0.3 is 18.1 Å². The molecule has 0 aromatic rings. The molecule has 2 atom stereocenters. The van der Waals surface area contributed by atoms with Crippen molar-refractivity contribution in [1.82, 2.24) is 0 Å². The molecule has 0 aromatic carbocycles. The highest BCUT2D eigenvalue weighted by Gasteiger charge is 2.26. The molecule has 0 spiro atoms. The van der Waals surface area contributed by atoms with E-state index in [1.807, 2.05) is 0 Å². The second-order valence-electron chi connectivity index (χ2n) is 1.90. The van der Waals surface area contributed by atoms with E-state index < -0.39 is 0 Å². The standard InChI is InChI=1S/C4H9NS.ClH/c5-3-1-2-4(3)6;/h3-4,6H,1-2,5H2;1H/t3-,4+;/m0./s1. The second kappa shape index (κ2) is 2.80. The Labute approximate surface area is 55.5 Å². The topological polar surface area (TPSA) is 27.6 Å². The van der Waals surface area contributed by atoms with Crippen LogP contribution >= 0.6 is 12.6 Å². The summed E-state index contributed by atoms with van der Waals surface area (Å²) >= 11 is 4.22. The maximum absolute atomic E-state index is 4.22. The molecule has 1 nitrogen and oxygen atoms in total. The zero-order valence-corrected chi connectivity index (χ0v) is 5.75. The first-order valence-corrected chi connectivity index (χ1v) is 2.83. The summed E-state index contributed by atoms with van der Waals surface area (Å²) in [4.78, 5) is 0. The van der Waals surface area contributed by atoms with Gasteiger partial charge in [-0.25, -0.2) is 0 Å². The van der Waals surface area contributed by atoms with Gasteiger partial charge in [0.25, 0.3) is 0 Å². The molecule has 0 heterocycles. The van der Waals surface area contributed by atoms with Gasteiger partial charge in [0.05, 0.1) is 11.3 Å². The van der Waals surface area contributed by atoms with Crippen LogP contribution in [0, 0.1) is 0 Å². The van der Waals surface area contributed by atoms with Gasteiger partial charge >= 0.3 is 0 Å². The van der Waals surface area contributed by atoms with E-state index in [0.717, 1.165) is 0 Å². The highest BCUT2D eigenvalue weighted by atomic mass is 35.5. The lowest BCUT2D eigenvalue weighted by atomic mass is 9.93. The zero-order chi connectivity index (χ0) is 4.57. The van der Waals surface area contributed by atoms with E-state index in [0.29, 0.717) is 11.3 Å². The van der Waals surface area contributed by atoms with E-state index >= 15 is 0 Å². The number of quaternary nitrogens is 1. The fraction of sp³-hybridized carbons (Fsp3) is 1.00. The predicted octanol–water partition coefficient (Wildman–Crippen LogP) is -3.31. The predicted molar refractivity (Wildman–Crippen MR) is 28.7 cm³/mol. The van der Waals surface area contributed by atoms with Crippen molar-refractivity contribution in [2.75, 3.05) is 0 Å². The molecule has 0 radical (unpaired) electrons. The Kier molecular flexibility index (Phi) is 3.04. The Balaban J connectivity index is 0.000000360. The van der Waals surface area contributed by atoms with Crippen LogP contribution in [-0.4, -0.2) is 11.3 Å².